The van der Waals surface area contributed by atoms with Gasteiger partial charge in [0.1, 0.15) is 16.7 Å². The summed E-state index contributed by atoms with van der Waals surface area (Å²) in [6, 6.07) is 1.42. The molecule has 1 N–H and O–H groups in total. The van der Waals surface area contributed by atoms with Gasteiger partial charge in [0.25, 0.3) is 11.1 Å². The Morgan fingerprint density at radius 3 is 2.70 bits per heavy atom. The predicted molar refractivity (Wildman–Crippen MR) is 98.1 cm³/mol. The van der Waals surface area contributed by atoms with Crippen molar-refractivity contribution in [3.8, 4) is 22.1 Å². The minimum Gasteiger partial charge on any atom is -0.494 e. The fourth-order valence-electron chi connectivity index (χ4n) is 2.45. The summed E-state index contributed by atoms with van der Waals surface area (Å²) in [5, 5.41) is 10.5. The highest BCUT2D eigenvalue weighted by Gasteiger charge is 2.27. The molecule has 0 aliphatic rings. The second kappa shape index (κ2) is 7.80. The molecule has 0 saturated heterocycles. The van der Waals surface area contributed by atoms with Crippen molar-refractivity contribution in [2.75, 3.05) is 19.5 Å². The number of aromatic nitrogens is 4. The molecule has 0 saturated carbocycles. The lowest BCUT2D eigenvalue weighted by atomic mass is 9.99. The van der Waals surface area contributed by atoms with Crippen LogP contribution in [0, 0.1) is 12.7 Å². The summed E-state index contributed by atoms with van der Waals surface area (Å²) in [5.74, 6) is -1.05. The smallest absolute Gasteiger partial charge is 0.295 e. The molecule has 3 heterocycles. The zero-order chi connectivity index (χ0) is 19.6. The first-order valence-corrected chi connectivity index (χ1v) is 8.68. The fraction of sp³-hybridized carbons (Fsp3) is 0.188. The van der Waals surface area contributed by atoms with Gasteiger partial charge in [0.15, 0.2) is 0 Å². The number of methoxy groups -OCH3 is 2. The average molecular weight is 410 g/mol. The van der Waals surface area contributed by atoms with Crippen molar-refractivity contribution in [1.82, 2.24) is 20.2 Å². The molecule has 3 aromatic rings. The zero-order valence-electron chi connectivity index (χ0n) is 14.4. The number of carbonyl (C=O) groups is 1. The second-order valence-corrected chi connectivity index (χ2v) is 6.46. The Kier molecular flexibility index (Phi) is 5.47. The summed E-state index contributed by atoms with van der Waals surface area (Å²) < 4.78 is 24.7. The van der Waals surface area contributed by atoms with Crippen LogP contribution >= 0.6 is 22.9 Å². The second-order valence-electron chi connectivity index (χ2n) is 5.16. The van der Waals surface area contributed by atoms with Gasteiger partial charge in [-0.15, -0.1) is 5.10 Å². The van der Waals surface area contributed by atoms with Crippen molar-refractivity contribution >= 4 is 34.0 Å². The van der Waals surface area contributed by atoms with Gasteiger partial charge in [-0.1, -0.05) is 16.7 Å². The number of nitrogens with one attached hydrogen (secondary N) is 1. The van der Waals surface area contributed by atoms with Crippen LogP contribution in [-0.4, -0.2) is 40.3 Å². The van der Waals surface area contributed by atoms with E-state index in [4.69, 9.17) is 21.1 Å². The molecule has 8 nitrogen and oxygen atoms in total. The van der Waals surface area contributed by atoms with Crippen molar-refractivity contribution in [3.63, 3.8) is 0 Å². The van der Waals surface area contributed by atoms with E-state index in [0.29, 0.717) is 5.69 Å². The Hall–Kier alpha value is -2.85. The number of hydrogen-bond acceptors (Lipinski definition) is 8. The summed E-state index contributed by atoms with van der Waals surface area (Å²) in [5.41, 5.74) is 0.624. The van der Waals surface area contributed by atoms with Crippen LogP contribution in [0.3, 0.4) is 0 Å². The number of pyridine rings is 2. The molecule has 0 aromatic carbocycles. The van der Waals surface area contributed by atoms with Crippen LogP contribution in [0.1, 0.15) is 16.1 Å². The molecule has 0 spiro atoms. The number of aryl methyl sites for hydroxylation is 1. The maximum absolute atomic E-state index is 14.4. The van der Waals surface area contributed by atoms with Crippen molar-refractivity contribution in [2.24, 2.45) is 0 Å². The molecular formula is C16H13ClFN5O3S. The summed E-state index contributed by atoms with van der Waals surface area (Å²) in [4.78, 5) is 20.7. The van der Waals surface area contributed by atoms with Gasteiger partial charge >= 0.3 is 0 Å². The van der Waals surface area contributed by atoms with E-state index in [2.05, 4.69) is 25.5 Å². The molecule has 1 amide bonds. The quantitative estimate of drug-likeness (QED) is 0.645. The van der Waals surface area contributed by atoms with Crippen LogP contribution < -0.4 is 14.8 Å². The summed E-state index contributed by atoms with van der Waals surface area (Å²) in [6.45, 7) is 1.64. The Morgan fingerprint density at radius 2 is 2.07 bits per heavy atom. The van der Waals surface area contributed by atoms with Gasteiger partial charge < -0.3 is 9.47 Å². The highest BCUT2D eigenvalue weighted by molar-refractivity contribution is 7.17. The molecule has 0 fully saturated rings. The van der Waals surface area contributed by atoms with E-state index in [1.54, 1.807) is 6.92 Å². The number of halogens is 2. The fourth-order valence-corrected chi connectivity index (χ4v) is 3.31. The van der Waals surface area contributed by atoms with Gasteiger partial charge in [0.2, 0.25) is 5.13 Å². The van der Waals surface area contributed by atoms with E-state index < -0.39 is 11.7 Å². The Balaban J connectivity index is 2.16. The topological polar surface area (TPSA) is 99.1 Å². The van der Waals surface area contributed by atoms with Gasteiger partial charge in [0.05, 0.1) is 31.7 Å². The molecule has 0 unspecified atom stereocenters. The molecule has 140 valence electrons. The summed E-state index contributed by atoms with van der Waals surface area (Å²) in [6.07, 6.45) is 2.44. The Bertz CT molecular complexity index is 1010. The maximum atomic E-state index is 14.4. The van der Waals surface area contributed by atoms with E-state index in [9.17, 15) is 9.18 Å². The third kappa shape index (κ3) is 3.67. The first-order valence-electron chi connectivity index (χ1n) is 7.49. The van der Waals surface area contributed by atoms with Crippen molar-refractivity contribution in [2.45, 2.75) is 6.92 Å². The SMILES string of the molecule is COc1nnc(NC(=O)c2c(Cl)nc(C)c(OC)c2-c2ccncc2F)s1. The van der Waals surface area contributed by atoms with Crippen LogP contribution in [-0.2, 0) is 0 Å². The minimum atomic E-state index is -0.643. The van der Waals surface area contributed by atoms with Gasteiger partial charge in [0, 0.05) is 17.3 Å². The number of anilines is 1. The highest BCUT2D eigenvalue weighted by atomic mass is 35.5. The lowest BCUT2D eigenvalue weighted by Crippen LogP contribution is -2.16. The van der Waals surface area contributed by atoms with Crippen LogP contribution in [0.2, 0.25) is 5.15 Å². The monoisotopic (exact) mass is 409 g/mol. The standard InChI is InChI=1S/C16H13ClFN5O3S/c1-7-12(25-2)10(8-4-5-19-6-9(8)18)11(13(17)20-7)14(24)21-15-22-23-16(26-3)27-15/h4-6H,1-3H3,(H,21,22,24). The number of rotatable bonds is 5. The van der Waals surface area contributed by atoms with E-state index in [0.717, 1.165) is 17.5 Å². The zero-order valence-corrected chi connectivity index (χ0v) is 16.0. The largest absolute Gasteiger partial charge is 0.494 e. The van der Waals surface area contributed by atoms with E-state index in [1.807, 2.05) is 0 Å². The number of amides is 1. The van der Waals surface area contributed by atoms with Crippen LogP contribution in [0.5, 0.6) is 10.9 Å². The highest BCUT2D eigenvalue weighted by Crippen LogP contribution is 2.39. The van der Waals surface area contributed by atoms with Gasteiger partial charge in [-0.05, 0) is 24.3 Å². The summed E-state index contributed by atoms with van der Waals surface area (Å²) in [7, 11) is 2.83. The molecule has 3 rings (SSSR count). The Labute approximate surface area is 162 Å². The lowest BCUT2D eigenvalue weighted by molar-refractivity contribution is 0.102. The van der Waals surface area contributed by atoms with Crippen LogP contribution in [0.15, 0.2) is 18.5 Å². The average Bonchev–Trinajstić information content (AvgIpc) is 3.09. The van der Waals surface area contributed by atoms with E-state index >= 15 is 0 Å². The van der Waals surface area contributed by atoms with Crippen LogP contribution in [0.25, 0.3) is 11.1 Å². The molecule has 11 heteroatoms. The number of ether oxygens (including phenoxy) is 2. The van der Waals surface area contributed by atoms with Crippen molar-refractivity contribution in [3.05, 3.63) is 40.7 Å². The molecule has 0 aliphatic carbocycles. The van der Waals surface area contributed by atoms with E-state index in [1.165, 1.54) is 26.5 Å². The Morgan fingerprint density at radius 1 is 1.30 bits per heavy atom. The third-order valence-electron chi connectivity index (χ3n) is 3.55. The maximum Gasteiger partial charge on any atom is 0.295 e. The minimum absolute atomic E-state index is 0.0571. The van der Waals surface area contributed by atoms with Gasteiger partial charge in [-0.3, -0.25) is 15.1 Å². The van der Waals surface area contributed by atoms with E-state index in [-0.39, 0.29) is 37.9 Å². The van der Waals surface area contributed by atoms with Crippen LogP contribution in [0.4, 0.5) is 9.52 Å². The van der Waals surface area contributed by atoms with Crippen molar-refractivity contribution in [1.29, 1.82) is 0 Å². The lowest BCUT2D eigenvalue weighted by Gasteiger charge is -2.17. The molecule has 3 aromatic heterocycles. The first kappa shape index (κ1) is 18.9. The molecule has 0 atom stereocenters. The number of nitrogens with zero attached hydrogens (tertiary/aromatic N) is 4. The number of carbonyl (C=O) groups excluding carboxylic acids is 1. The van der Waals surface area contributed by atoms with Gasteiger partial charge in [-0.2, -0.15) is 0 Å². The summed E-state index contributed by atoms with van der Waals surface area (Å²) >= 11 is 7.26. The third-order valence-corrected chi connectivity index (χ3v) is 4.63. The predicted octanol–water partition coefficient (Wildman–Crippen LogP) is 3.37. The first-order chi connectivity index (χ1) is 13.0. The molecule has 0 aliphatic heterocycles. The molecular weight excluding hydrogens is 397 g/mol. The molecule has 0 bridgehead atoms. The number of hydrogen-bond donors (Lipinski definition) is 1. The van der Waals surface area contributed by atoms with Gasteiger partial charge in [-0.25, -0.2) is 9.37 Å². The van der Waals surface area contributed by atoms with Crippen molar-refractivity contribution < 1.29 is 18.7 Å². The molecule has 27 heavy (non-hydrogen) atoms. The molecule has 0 radical (unpaired) electrons. The normalized spacial score (nSPS) is 10.6.